The van der Waals surface area contributed by atoms with Crippen LogP contribution in [0.5, 0.6) is 0 Å². The van der Waals surface area contributed by atoms with E-state index in [0.29, 0.717) is 0 Å². The van der Waals surface area contributed by atoms with Crippen LogP contribution in [0.25, 0.3) is 0 Å². The molecule has 0 saturated carbocycles. The minimum absolute atomic E-state index is 1.09. The van der Waals surface area contributed by atoms with Gasteiger partial charge in [-0.05, 0) is 5.84 Å². The highest BCUT2D eigenvalue weighted by Gasteiger charge is 2.05. The van der Waals surface area contributed by atoms with Crippen molar-refractivity contribution in [3.05, 3.63) is 0 Å². The van der Waals surface area contributed by atoms with Crippen molar-refractivity contribution in [3.63, 3.8) is 0 Å². The van der Waals surface area contributed by atoms with E-state index in [4.69, 9.17) is 5.41 Å². The quantitative estimate of drug-likeness (QED) is 0.382. The summed E-state index contributed by atoms with van der Waals surface area (Å²) in [5, 5.41) is 6.79. The van der Waals surface area contributed by atoms with E-state index in [1.54, 1.807) is 5.84 Å². The molecule has 1 N–H and O–H groups in total. The van der Waals surface area contributed by atoms with Crippen LogP contribution in [-0.4, -0.2) is 13.9 Å². The molecule has 0 spiro atoms. The van der Waals surface area contributed by atoms with E-state index in [1.165, 1.54) is 0 Å². The number of nitrogens with one attached hydrogen (secondary N) is 1. The largest absolute Gasteiger partial charge is 0.318 e. The van der Waals surface area contributed by atoms with Gasteiger partial charge in [-0.3, -0.25) is 0 Å². The van der Waals surface area contributed by atoms with Gasteiger partial charge in [0.15, 0.2) is 0 Å². The van der Waals surface area contributed by atoms with Gasteiger partial charge in [0.2, 0.25) is 0 Å². The summed E-state index contributed by atoms with van der Waals surface area (Å²) in [5.41, 5.74) is 0. The highest BCUT2D eigenvalue weighted by Crippen LogP contribution is 1.91. The van der Waals surface area contributed by atoms with Crippen LogP contribution in [0, 0.1) is 5.41 Å². The van der Waals surface area contributed by atoms with Crippen LogP contribution in [0.4, 0.5) is 0 Å². The Kier molecular flexibility index (Phi) is 1.53. The van der Waals surface area contributed by atoms with Crippen LogP contribution >= 0.6 is 0 Å². The predicted molar refractivity (Wildman–Crippen MR) is 32.1 cm³/mol. The highest BCUT2D eigenvalue weighted by atomic mass is 28.3. The maximum Gasteiger partial charge on any atom is 0.0907 e. The molecule has 0 fully saturated rings. The SMILES string of the molecule is C[Si](C)(C)C=N. The Morgan fingerprint density at radius 1 is 1.33 bits per heavy atom. The smallest absolute Gasteiger partial charge is 0.0907 e. The molecule has 0 unspecified atom stereocenters. The average molecular weight is 101 g/mol. The third-order valence-corrected chi connectivity index (χ3v) is 1.30. The number of hydrogen-bond acceptors (Lipinski definition) is 1. The number of hydrogen-bond donors (Lipinski definition) is 1. The number of rotatable bonds is 1. The molecule has 0 aromatic carbocycles. The maximum atomic E-state index is 6.79. The molecule has 1 nitrogen and oxygen atoms in total. The lowest BCUT2D eigenvalue weighted by atomic mass is 11.7. The van der Waals surface area contributed by atoms with Crippen molar-refractivity contribution in [2.24, 2.45) is 0 Å². The summed E-state index contributed by atoms with van der Waals surface area (Å²) in [6.45, 7) is 6.42. The van der Waals surface area contributed by atoms with Gasteiger partial charge in [0.05, 0.1) is 8.07 Å². The van der Waals surface area contributed by atoms with Gasteiger partial charge in [0.1, 0.15) is 0 Å². The first-order valence-electron chi connectivity index (χ1n) is 2.08. The molecule has 0 aromatic rings. The zero-order chi connectivity index (χ0) is 5.21. The van der Waals surface area contributed by atoms with E-state index < -0.39 is 8.07 Å². The Labute approximate surface area is 39.9 Å². The van der Waals surface area contributed by atoms with Crippen molar-refractivity contribution < 1.29 is 0 Å². The molecule has 2 heteroatoms. The molecule has 0 rings (SSSR count). The van der Waals surface area contributed by atoms with E-state index in [2.05, 4.69) is 19.6 Å². The van der Waals surface area contributed by atoms with Gasteiger partial charge in [-0.15, -0.1) is 0 Å². The second kappa shape index (κ2) is 1.56. The van der Waals surface area contributed by atoms with Crippen LogP contribution in [0.1, 0.15) is 0 Å². The fourth-order valence-corrected chi connectivity index (χ4v) is 0. The molecule has 0 radical (unpaired) electrons. The standard InChI is InChI=1S/C4H11NSi/c1-6(2,3)4-5/h4-5H,1-3H3. The van der Waals surface area contributed by atoms with Crippen molar-refractivity contribution in [2.45, 2.75) is 19.6 Å². The Balaban J connectivity index is 3.45. The van der Waals surface area contributed by atoms with Gasteiger partial charge in [0, 0.05) is 0 Å². The van der Waals surface area contributed by atoms with Gasteiger partial charge in [-0.25, -0.2) is 0 Å². The van der Waals surface area contributed by atoms with E-state index in [0.717, 1.165) is 0 Å². The van der Waals surface area contributed by atoms with E-state index >= 15 is 0 Å². The van der Waals surface area contributed by atoms with Gasteiger partial charge >= 0.3 is 0 Å². The predicted octanol–water partition coefficient (Wildman–Crippen LogP) is 1.51. The summed E-state index contributed by atoms with van der Waals surface area (Å²) in [7, 11) is -1.09. The van der Waals surface area contributed by atoms with Crippen LogP contribution < -0.4 is 0 Å². The molecule has 0 heterocycles. The zero-order valence-electron chi connectivity index (χ0n) is 4.58. The average Bonchev–Trinajstić information content (AvgIpc) is 1.35. The second-order valence-corrected chi connectivity index (χ2v) is 7.53. The lowest BCUT2D eigenvalue weighted by Crippen LogP contribution is -2.20. The van der Waals surface area contributed by atoms with Crippen LogP contribution in [-0.2, 0) is 0 Å². The molecule has 0 aromatic heterocycles. The Bertz CT molecular complexity index is 53.1. The molecular weight excluding hydrogens is 90.1 g/mol. The summed E-state index contributed by atoms with van der Waals surface area (Å²) in [5.74, 6) is 1.58. The molecule has 0 saturated heterocycles. The van der Waals surface area contributed by atoms with Crippen LogP contribution in [0.15, 0.2) is 0 Å². The van der Waals surface area contributed by atoms with E-state index in [1.807, 2.05) is 0 Å². The van der Waals surface area contributed by atoms with Crippen LogP contribution in [0.3, 0.4) is 0 Å². The Morgan fingerprint density at radius 3 is 1.50 bits per heavy atom. The minimum Gasteiger partial charge on any atom is -0.318 e. The minimum atomic E-state index is -1.09. The molecule has 0 atom stereocenters. The monoisotopic (exact) mass is 101 g/mol. The normalized spacial score (nSPS) is 11.2. The third-order valence-electron chi connectivity index (χ3n) is 0.433. The summed E-state index contributed by atoms with van der Waals surface area (Å²) < 4.78 is 0. The van der Waals surface area contributed by atoms with E-state index in [-0.39, 0.29) is 0 Å². The van der Waals surface area contributed by atoms with Crippen molar-refractivity contribution in [1.29, 1.82) is 5.41 Å². The molecule has 6 heavy (non-hydrogen) atoms. The highest BCUT2D eigenvalue weighted by molar-refractivity contribution is 6.99. The fraction of sp³-hybridized carbons (Fsp3) is 0.750. The molecule has 0 bridgehead atoms. The molecule has 0 aliphatic rings. The first-order chi connectivity index (χ1) is 2.56. The molecule has 0 amide bonds. The maximum absolute atomic E-state index is 6.79. The van der Waals surface area contributed by atoms with E-state index in [9.17, 15) is 0 Å². The third kappa shape index (κ3) is 3.89. The fourth-order valence-electron chi connectivity index (χ4n) is 0. The van der Waals surface area contributed by atoms with Gasteiger partial charge in [-0.2, -0.15) is 0 Å². The Hall–Kier alpha value is -0.113. The van der Waals surface area contributed by atoms with Gasteiger partial charge in [0.25, 0.3) is 0 Å². The zero-order valence-corrected chi connectivity index (χ0v) is 5.58. The molecule has 36 valence electrons. The second-order valence-electron chi connectivity index (χ2n) is 2.51. The topological polar surface area (TPSA) is 23.9 Å². The molecular formula is C4H11NSi. The van der Waals surface area contributed by atoms with Crippen molar-refractivity contribution >= 4 is 13.9 Å². The van der Waals surface area contributed by atoms with Crippen molar-refractivity contribution in [3.8, 4) is 0 Å². The van der Waals surface area contributed by atoms with Crippen molar-refractivity contribution in [1.82, 2.24) is 0 Å². The summed E-state index contributed by atoms with van der Waals surface area (Å²) >= 11 is 0. The summed E-state index contributed by atoms with van der Waals surface area (Å²) in [6.07, 6.45) is 0. The lowest BCUT2D eigenvalue weighted by Gasteiger charge is -2.02. The lowest BCUT2D eigenvalue weighted by molar-refractivity contribution is 1.58. The Morgan fingerprint density at radius 2 is 1.50 bits per heavy atom. The van der Waals surface area contributed by atoms with Crippen LogP contribution in [0.2, 0.25) is 19.6 Å². The summed E-state index contributed by atoms with van der Waals surface area (Å²) in [4.78, 5) is 0. The first-order valence-corrected chi connectivity index (χ1v) is 5.65. The molecule has 0 aliphatic carbocycles. The van der Waals surface area contributed by atoms with Crippen molar-refractivity contribution in [2.75, 3.05) is 0 Å². The van der Waals surface area contributed by atoms with Gasteiger partial charge in [-0.1, -0.05) is 19.6 Å². The molecule has 0 aliphatic heterocycles. The first kappa shape index (κ1) is 5.89. The van der Waals surface area contributed by atoms with Gasteiger partial charge < -0.3 is 5.41 Å². The summed E-state index contributed by atoms with van der Waals surface area (Å²) in [6, 6.07) is 0.